The number of nitro groups is 1. The van der Waals surface area contributed by atoms with Crippen molar-refractivity contribution in [3.63, 3.8) is 0 Å². The molecule has 1 rings (SSSR count). The molecule has 0 saturated carbocycles. The second kappa shape index (κ2) is 9.12. The molecule has 124 valence electrons. The number of amides is 1. The number of nitrogens with one attached hydrogen (secondary N) is 1. The van der Waals surface area contributed by atoms with Gasteiger partial charge in [0.05, 0.1) is 15.6 Å². The van der Waals surface area contributed by atoms with Crippen molar-refractivity contribution in [3.8, 4) is 6.07 Å². The largest absolute Gasteiger partial charge is 0.369 e. The molecule has 24 heavy (non-hydrogen) atoms. The van der Waals surface area contributed by atoms with Gasteiger partial charge in [-0.15, -0.1) is 13.2 Å². The number of hydrogen-bond donors (Lipinski definition) is 1. The Morgan fingerprint density at radius 1 is 1.42 bits per heavy atom. The van der Waals surface area contributed by atoms with Gasteiger partial charge in [-0.05, 0) is 6.07 Å². The molecule has 1 N–H and O–H groups in total. The van der Waals surface area contributed by atoms with Crippen LogP contribution in [0.15, 0.2) is 55.3 Å². The lowest BCUT2D eigenvalue weighted by atomic mass is 10.2. The molecule has 1 aromatic carbocycles. The van der Waals surface area contributed by atoms with Crippen LogP contribution in [-0.2, 0) is 4.79 Å². The number of nitrogens with zero attached hydrogens (tertiary/aromatic N) is 3. The molecule has 0 saturated heterocycles. The molecular weight excluding hydrogens is 332 g/mol. The molecule has 0 radical (unpaired) electrons. The third kappa shape index (κ3) is 5.26. The zero-order chi connectivity index (χ0) is 18.1. The Labute approximate surface area is 144 Å². The molecule has 0 heterocycles. The summed E-state index contributed by atoms with van der Waals surface area (Å²) in [5, 5.41) is 22.5. The van der Waals surface area contributed by atoms with Gasteiger partial charge in [0.15, 0.2) is 0 Å². The summed E-state index contributed by atoms with van der Waals surface area (Å²) < 4.78 is 0. The predicted octanol–water partition coefficient (Wildman–Crippen LogP) is 3.27. The zero-order valence-electron chi connectivity index (χ0n) is 12.7. The molecule has 0 aliphatic heterocycles. The highest BCUT2D eigenvalue weighted by molar-refractivity contribution is 6.34. The van der Waals surface area contributed by atoms with Crippen molar-refractivity contribution in [1.29, 1.82) is 5.26 Å². The van der Waals surface area contributed by atoms with E-state index in [0.29, 0.717) is 13.1 Å². The first-order valence-corrected chi connectivity index (χ1v) is 7.13. The van der Waals surface area contributed by atoms with Gasteiger partial charge in [0.2, 0.25) is 0 Å². The highest BCUT2D eigenvalue weighted by Gasteiger charge is 2.15. The van der Waals surface area contributed by atoms with E-state index < -0.39 is 10.8 Å². The Morgan fingerprint density at radius 3 is 2.54 bits per heavy atom. The molecule has 0 fully saturated rings. The summed E-state index contributed by atoms with van der Waals surface area (Å²) in [7, 11) is 0. The van der Waals surface area contributed by atoms with E-state index in [1.165, 1.54) is 18.3 Å². The summed E-state index contributed by atoms with van der Waals surface area (Å²) in [5.41, 5.74) is -0.352. The van der Waals surface area contributed by atoms with E-state index in [1.807, 2.05) is 0 Å². The summed E-state index contributed by atoms with van der Waals surface area (Å²) in [5.74, 6) is -0.724. The predicted molar refractivity (Wildman–Crippen MR) is 92.4 cm³/mol. The van der Waals surface area contributed by atoms with Crippen LogP contribution in [0.5, 0.6) is 0 Å². The van der Waals surface area contributed by atoms with Gasteiger partial charge in [0.25, 0.3) is 11.6 Å². The SMILES string of the molecule is C=CCN(/C=C(/C#N)C(=O)Nc1cc([N+](=O)[O-])ccc1Cl)CC=C. The number of non-ortho nitro benzene ring substituents is 1. The van der Waals surface area contributed by atoms with E-state index in [4.69, 9.17) is 11.6 Å². The highest BCUT2D eigenvalue weighted by atomic mass is 35.5. The summed E-state index contributed by atoms with van der Waals surface area (Å²) in [6.07, 6.45) is 4.60. The van der Waals surface area contributed by atoms with Crippen LogP contribution >= 0.6 is 11.6 Å². The Hall–Kier alpha value is -3.11. The van der Waals surface area contributed by atoms with Crippen molar-refractivity contribution in [1.82, 2.24) is 4.90 Å². The van der Waals surface area contributed by atoms with Crippen LogP contribution in [0.1, 0.15) is 0 Å². The molecule has 0 aliphatic carbocycles. The van der Waals surface area contributed by atoms with Gasteiger partial charge in [-0.25, -0.2) is 0 Å². The summed E-state index contributed by atoms with van der Waals surface area (Å²) in [4.78, 5) is 24.1. The van der Waals surface area contributed by atoms with Crippen LogP contribution < -0.4 is 5.32 Å². The molecule has 1 amide bonds. The molecule has 0 bridgehead atoms. The molecule has 1 aromatic rings. The molecular formula is C16H15ClN4O3. The fourth-order valence-corrected chi connectivity index (χ4v) is 1.91. The summed E-state index contributed by atoms with van der Waals surface area (Å²) >= 11 is 5.92. The highest BCUT2D eigenvalue weighted by Crippen LogP contribution is 2.27. The van der Waals surface area contributed by atoms with E-state index in [1.54, 1.807) is 23.1 Å². The van der Waals surface area contributed by atoms with Crippen LogP contribution in [-0.4, -0.2) is 28.8 Å². The number of halogens is 1. The number of benzene rings is 1. The zero-order valence-corrected chi connectivity index (χ0v) is 13.5. The minimum absolute atomic E-state index is 0.0519. The molecule has 0 aromatic heterocycles. The third-order valence-electron chi connectivity index (χ3n) is 2.81. The van der Waals surface area contributed by atoms with Crippen LogP contribution in [0.2, 0.25) is 5.02 Å². The van der Waals surface area contributed by atoms with Crippen LogP contribution in [0.4, 0.5) is 11.4 Å². The lowest BCUT2D eigenvalue weighted by molar-refractivity contribution is -0.384. The Bertz CT molecular complexity index is 727. The quantitative estimate of drug-likeness (QED) is 0.256. The van der Waals surface area contributed by atoms with Gasteiger partial charge in [-0.1, -0.05) is 23.8 Å². The number of anilines is 1. The van der Waals surface area contributed by atoms with E-state index in [-0.39, 0.29) is 22.0 Å². The normalized spacial score (nSPS) is 10.4. The van der Waals surface area contributed by atoms with Crippen molar-refractivity contribution in [2.45, 2.75) is 0 Å². The Kier molecular flexibility index (Phi) is 7.20. The number of hydrogen-bond acceptors (Lipinski definition) is 5. The van der Waals surface area contributed by atoms with Crippen molar-refractivity contribution in [2.24, 2.45) is 0 Å². The molecule has 0 unspecified atom stereocenters. The minimum atomic E-state index is -0.724. The molecule has 0 atom stereocenters. The first kappa shape index (κ1) is 18.9. The van der Waals surface area contributed by atoms with E-state index in [2.05, 4.69) is 18.5 Å². The average molecular weight is 347 g/mol. The number of rotatable bonds is 8. The minimum Gasteiger partial charge on any atom is -0.369 e. The third-order valence-corrected chi connectivity index (χ3v) is 3.14. The van der Waals surface area contributed by atoms with Gasteiger partial charge >= 0.3 is 0 Å². The van der Waals surface area contributed by atoms with Gasteiger partial charge in [0, 0.05) is 31.4 Å². The van der Waals surface area contributed by atoms with Gasteiger partial charge in [-0.2, -0.15) is 5.26 Å². The standard InChI is InChI=1S/C16H15ClN4O3/c1-3-7-20(8-4-2)11-12(10-18)16(22)19-15-9-13(21(23)24)5-6-14(15)17/h3-6,9,11H,1-2,7-8H2,(H,19,22)/b12-11-. The number of carbonyl (C=O) groups is 1. The number of nitro benzene ring substituents is 1. The first-order chi connectivity index (χ1) is 11.4. The Balaban J connectivity index is 3.05. The van der Waals surface area contributed by atoms with Crippen molar-refractivity contribution < 1.29 is 9.72 Å². The summed E-state index contributed by atoms with van der Waals surface area (Å²) in [6.45, 7) is 8.03. The maximum Gasteiger partial charge on any atom is 0.271 e. The van der Waals surface area contributed by atoms with Crippen LogP contribution in [0, 0.1) is 21.4 Å². The maximum absolute atomic E-state index is 12.2. The molecule has 0 aliphatic rings. The van der Waals surface area contributed by atoms with Crippen molar-refractivity contribution >= 4 is 28.9 Å². The number of nitriles is 1. The van der Waals surface area contributed by atoms with E-state index in [9.17, 15) is 20.2 Å². The van der Waals surface area contributed by atoms with Crippen LogP contribution in [0.25, 0.3) is 0 Å². The van der Waals surface area contributed by atoms with Gasteiger partial charge in [0.1, 0.15) is 11.6 Å². The van der Waals surface area contributed by atoms with E-state index >= 15 is 0 Å². The topological polar surface area (TPSA) is 99.3 Å². The Morgan fingerprint density at radius 2 is 2.04 bits per heavy atom. The molecule has 8 heteroatoms. The molecule has 0 spiro atoms. The van der Waals surface area contributed by atoms with E-state index in [0.717, 1.165) is 6.07 Å². The lowest BCUT2D eigenvalue weighted by Gasteiger charge is -2.16. The summed E-state index contributed by atoms with van der Waals surface area (Å²) in [6, 6.07) is 5.43. The second-order valence-corrected chi connectivity index (χ2v) is 4.97. The van der Waals surface area contributed by atoms with Crippen molar-refractivity contribution in [2.75, 3.05) is 18.4 Å². The first-order valence-electron chi connectivity index (χ1n) is 6.76. The van der Waals surface area contributed by atoms with Crippen LogP contribution in [0.3, 0.4) is 0 Å². The van der Waals surface area contributed by atoms with Gasteiger partial charge < -0.3 is 10.2 Å². The maximum atomic E-state index is 12.2. The monoisotopic (exact) mass is 346 g/mol. The second-order valence-electron chi connectivity index (χ2n) is 4.56. The van der Waals surface area contributed by atoms with Crippen molar-refractivity contribution in [3.05, 3.63) is 70.4 Å². The number of carbonyl (C=O) groups excluding carboxylic acids is 1. The fraction of sp³-hybridized carbons (Fsp3) is 0.125. The molecule has 7 nitrogen and oxygen atoms in total. The average Bonchev–Trinajstić information content (AvgIpc) is 2.54. The van der Waals surface area contributed by atoms with Gasteiger partial charge in [-0.3, -0.25) is 14.9 Å². The fourth-order valence-electron chi connectivity index (χ4n) is 1.74. The smallest absolute Gasteiger partial charge is 0.271 e. The lowest BCUT2D eigenvalue weighted by Crippen LogP contribution is -2.21.